The Morgan fingerprint density at radius 1 is 1.33 bits per heavy atom. The van der Waals surface area contributed by atoms with Crippen LogP contribution < -0.4 is 0 Å². The Balaban J connectivity index is 2.46. The van der Waals surface area contributed by atoms with E-state index < -0.39 is 0 Å². The molecule has 0 bridgehead atoms. The largest absolute Gasteiger partial charge is 0.427 e. The average Bonchev–Trinajstić information content (AvgIpc) is 2.58. The molecule has 0 amide bonds. The lowest BCUT2D eigenvalue weighted by atomic mass is 10.1. The van der Waals surface area contributed by atoms with Crippen molar-refractivity contribution in [3.05, 3.63) is 41.7 Å². The smallest absolute Gasteiger partial charge is 0.175 e. The van der Waals surface area contributed by atoms with Crippen molar-refractivity contribution in [3.63, 3.8) is 0 Å². The molecule has 0 fully saturated rings. The quantitative estimate of drug-likeness (QED) is 0.714. The summed E-state index contributed by atoms with van der Waals surface area (Å²) >= 11 is 0. The van der Waals surface area contributed by atoms with Gasteiger partial charge in [-0.15, -0.1) is 0 Å². The third kappa shape index (κ3) is 1.67. The van der Waals surface area contributed by atoms with Crippen molar-refractivity contribution in [1.82, 2.24) is 9.71 Å². The second kappa shape index (κ2) is 3.46. The summed E-state index contributed by atoms with van der Waals surface area (Å²) in [6, 6.07) is 8.94. The fourth-order valence-corrected chi connectivity index (χ4v) is 1.38. The second-order valence-corrected chi connectivity index (χ2v) is 3.24. The van der Waals surface area contributed by atoms with Gasteiger partial charge in [0, 0.05) is 5.56 Å². The van der Waals surface area contributed by atoms with Gasteiger partial charge >= 0.3 is 0 Å². The van der Waals surface area contributed by atoms with Crippen molar-refractivity contribution in [3.8, 4) is 17.5 Å². The predicted molar refractivity (Wildman–Crippen MR) is 54.3 cm³/mol. The third-order valence-electron chi connectivity index (χ3n) is 2.08. The van der Waals surface area contributed by atoms with E-state index in [1.165, 1.54) is 6.20 Å². The van der Waals surface area contributed by atoms with Gasteiger partial charge < -0.3 is 5.21 Å². The molecule has 1 heterocycles. The first-order valence-corrected chi connectivity index (χ1v) is 4.46. The highest BCUT2D eigenvalue weighted by Crippen LogP contribution is 2.17. The molecule has 4 nitrogen and oxygen atoms in total. The molecule has 0 unspecified atom stereocenters. The molecule has 2 rings (SSSR count). The molecule has 1 N–H and O–H groups in total. The van der Waals surface area contributed by atoms with Crippen LogP contribution in [0, 0.1) is 18.3 Å². The van der Waals surface area contributed by atoms with Gasteiger partial charge in [-0.3, -0.25) is 0 Å². The molecule has 0 aliphatic rings. The molecular weight excluding hydrogens is 190 g/mol. The minimum Gasteiger partial charge on any atom is -0.427 e. The summed E-state index contributed by atoms with van der Waals surface area (Å²) in [6.07, 6.45) is 1.54. The zero-order chi connectivity index (χ0) is 10.8. The van der Waals surface area contributed by atoms with Crippen molar-refractivity contribution >= 4 is 0 Å². The van der Waals surface area contributed by atoms with Crippen LogP contribution in [0.5, 0.6) is 0 Å². The molecule has 0 atom stereocenters. The Labute approximate surface area is 87.0 Å². The number of hydrogen-bond donors (Lipinski definition) is 1. The van der Waals surface area contributed by atoms with Crippen LogP contribution in [0.2, 0.25) is 0 Å². The van der Waals surface area contributed by atoms with Crippen molar-refractivity contribution in [1.29, 1.82) is 5.26 Å². The molecule has 0 radical (unpaired) electrons. The minimum absolute atomic E-state index is 0.483. The lowest BCUT2D eigenvalue weighted by Gasteiger charge is -1.99. The van der Waals surface area contributed by atoms with Crippen LogP contribution in [-0.4, -0.2) is 14.9 Å². The highest BCUT2D eigenvalue weighted by atomic mass is 16.5. The number of rotatable bonds is 1. The Hall–Kier alpha value is -2.28. The first-order valence-electron chi connectivity index (χ1n) is 4.46. The predicted octanol–water partition coefficient (Wildman–Crippen LogP) is 1.97. The number of nitrogens with zero attached hydrogens (tertiary/aromatic N) is 3. The summed E-state index contributed by atoms with van der Waals surface area (Å²) in [6.45, 7) is 1.81. The zero-order valence-electron chi connectivity index (χ0n) is 8.18. The maximum absolute atomic E-state index is 9.50. The topological polar surface area (TPSA) is 61.8 Å². The van der Waals surface area contributed by atoms with E-state index in [4.69, 9.17) is 5.26 Å². The number of nitriles is 1. The number of aryl methyl sites for hydroxylation is 1. The lowest BCUT2D eigenvalue weighted by molar-refractivity contribution is 0.190. The van der Waals surface area contributed by atoms with Crippen LogP contribution in [0.4, 0.5) is 0 Å². The van der Waals surface area contributed by atoms with Crippen LogP contribution in [0.1, 0.15) is 11.3 Å². The first-order chi connectivity index (χ1) is 7.20. The molecule has 4 heteroatoms. The van der Waals surface area contributed by atoms with E-state index in [9.17, 15) is 5.21 Å². The van der Waals surface area contributed by atoms with Gasteiger partial charge in [0.2, 0.25) is 0 Å². The van der Waals surface area contributed by atoms with Crippen LogP contribution in [0.25, 0.3) is 11.4 Å². The number of benzene rings is 1. The molecule has 15 heavy (non-hydrogen) atoms. The maximum atomic E-state index is 9.50. The minimum atomic E-state index is 0.483. The summed E-state index contributed by atoms with van der Waals surface area (Å²) in [5, 5.41) is 18.1. The SMILES string of the molecule is Cc1cn(O)c(-c2ccc(C#N)cc2)n1. The van der Waals surface area contributed by atoms with Gasteiger partial charge in [0.25, 0.3) is 0 Å². The molecule has 74 valence electrons. The van der Waals surface area contributed by atoms with Gasteiger partial charge in [-0.2, -0.15) is 9.99 Å². The fraction of sp³-hybridized carbons (Fsp3) is 0.0909. The summed E-state index contributed by atoms with van der Waals surface area (Å²) in [5.41, 5.74) is 2.12. The van der Waals surface area contributed by atoms with Gasteiger partial charge in [-0.25, -0.2) is 4.98 Å². The Morgan fingerprint density at radius 3 is 2.47 bits per heavy atom. The Kier molecular flexibility index (Phi) is 2.14. The number of hydrogen-bond acceptors (Lipinski definition) is 3. The highest BCUT2D eigenvalue weighted by Gasteiger charge is 2.06. The summed E-state index contributed by atoms with van der Waals surface area (Å²) in [7, 11) is 0. The lowest BCUT2D eigenvalue weighted by Crippen LogP contribution is -1.92. The van der Waals surface area contributed by atoms with Gasteiger partial charge in [-0.05, 0) is 31.2 Å². The average molecular weight is 199 g/mol. The van der Waals surface area contributed by atoms with E-state index >= 15 is 0 Å². The van der Waals surface area contributed by atoms with Crippen LogP contribution in [0.3, 0.4) is 0 Å². The maximum Gasteiger partial charge on any atom is 0.175 e. The molecule has 0 saturated heterocycles. The fourth-order valence-electron chi connectivity index (χ4n) is 1.38. The molecule has 2 aromatic rings. The normalized spacial score (nSPS) is 9.87. The van der Waals surface area contributed by atoms with Crippen molar-refractivity contribution in [2.75, 3.05) is 0 Å². The summed E-state index contributed by atoms with van der Waals surface area (Å²) < 4.78 is 0.983. The molecule has 0 aliphatic heterocycles. The molecule has 0 spiro atoms. The van der Waals surface area contributed by atoms with Gasteiger partial charge in [0.1, 0.15) is 0 Å². The van der Waals surface area contributed by atoms with E-state index in [2.05, 4.69) is 4.98 Å². The van der Waals surface area contributed by atoms with Crippen LogP contribution in [-0.2, 0) is 0 Å². The van der Waals surface area contributed by atoms with Crippen LogP contribution >= 0.6 is 0 Å². The van der Waals surface area contributed by atoms with Crippen molar-refractivity contribution in [2.24, 2.45) is 0 Å². The summed E-state index contributed by atoms with van der Waals surface area (Å²) in [4.78, 5) is 4.17. The van der Waals surface area contributed by atoms with Gasteiger partial charge in [0.15, 0.2) is 5.82 Å². The van der Waals surface area contributed by atoms with E-state index in [1.54, 1.807) is 31.2 Å². The van der Waals surface area contributed by atoms with E-state index in [1.807, 2.05) is 6.07 Å². The van der Waals surface area contributed by atoms with Crippen LogP contribution in [0.15, 0.2) is 30.5 Å². The molecular formula is C11H9N3O. The monoisotopic (exact) mass is 199 g/mol. The van der Waals surface area contributed by atoms with E-state index in [0.717, 1.165) is 16.0 Å². The molecule has 0 saturated carbocycles. The number of aromatic nitrogens is 2. The molecule has 1 aromatic heterocycles. The highest BCUT2D eigenvalue weighted by molar-refractivity contribution is 5.57. The molecule has 1 aromatic carbocycles. The third-order valence-corrected chi connectivity index (χ3v) is 2.08. The standard InChI is InChI=1S/C11H9N3O/c1-8-7-14(15)11(13-8)10-4-2-9(6-12)3-5-10/h2-5,7,15H,1H3. The zero-order valence-corrected chi connectivity index (χ0v) is 8.18. The van der Waals surface area contributed by atoms with E-state index in [0.29, 0.717) is 11.4 Å². The summed E-state index contributed by atoms with van der Waals surface area (Å²) in [5.74, 6) is 0.483. The van der Waals surface area contributed by atoms with Crippen molar-refractivity contribution in [2.45, 2.75) is 6.92 Å². The second-order valence-electron chi connectivity index (χ2n) is 3.24. The Morgan fingerprint density at radius 2 is 2.00 bits per heavy atom. The van der Waals surface area contributed by atoms with E-state index in [-0.39, 0.29) is 0 Å². The Bertz CT molecular complexity index is 520. The van der Waals surface area contributed by atoms with Crippen molar-refractivity contribution < 1.29 is 5.21 Å². The first kappa shape index (κ1) is 9.28. The number of imidazole rings is 1. The molecule has 0 aliphatic carbocycles. The van der Waals surface area contributed by atoms with Gasteiger partial charge in [0.05, 0.1) is 23.5 Å². The van der Waals surface area contributed by atoms with Gasteiger partial charge in [-0.1, -0.05) is 0 Å².